The fraction of sp³-hybridized carbons (Fsp3) is 0.350. The van der Waals surface area contributed by atoms with Gasteiger partial charge in [0, 0.05) is 5.41 Å². The van der Waals surface area contributed by atoms with Crippen LogP contribution in [-0.2, 0) is 17.6 Å². The molecule has 2 heteroatoms. The molecule has 1 aliphatic rings. The quantitative estimate of drug-likeness (QED) is 0.845. The van der Waals surface area contributed by atoms with Crippen molar-refractivity contribution in [2.24, 2.45) is 5.41 Å². The maximum absolute atomic E-state index is 12.6. The molecular formula is C20H23NO. The highest BCUT2D eigenvalue weighted by atomic mass is 16.2. The van der Waals surface area contributed by atoms with Crippen LogP contribution in [0.15, 0.2) is 48.5 Å². The number of hydrogen-bond donors (Lipinski definition) is 1. The smallest absolute Gasteiger partial charge is 0.226 e. The first-order valence-electron chi connectivity index (χ1n) is 7.93. The standard InChI is InChI=1S/C20H23NO/c1-20(2,3)19(22)21-18-16-10-6-4-8-14(16)12-13-15-9-5-7-11-17(15)18/h4-11,18H,12-13H2,1-3H3,(H,21,22). The van der Waals surface area contributed by atoms with Crippen molar-refractivity contribution in [3.63, 3.8) is 0 Å². The number of aryl methyl sites for hydroxylation is 2. The van der Waals surface area contributed by atoms with Crippen LogP contribution in [0.4, 0.5) is 0 Å². The van der Waals surface area contributed by atoms with Crippen LogP contribution in [0.3, 0.4) is 0 Å². The first-order valence-corrected chi connectivity index (χ1v) is 7.93. The zero-order valence-electron chi connectivity index (χ0n) is 13.5. The monoisotopic (exact) mass is 293 g/mol. The molecule has 1 aliphatic carbocycles. The molecule has 114 valence electrons. The Hall–Kier alpha value is -2.09. The second-order valence-electron chi connectivity index (χ2n) is 7.05. The Morgan fingerprint density at radius 2 is 1.36 bits per heavy atom. The number of carbonyl (C=O) groups is 1. The third-order valence-electron chi connectivity index (χ3n) is 4.35. The highest BCUT2D eigenvalue weighted by Crippen LogP contribution is 2.33. The van der Waals surface area contributed by atoms with E-state index in [4.69, 9.17) is 0 Å². The van der Waals surface area contributed by atoms with Crippen LogP contribution in [0.2, 0.25) is 0 Å². The maximum Gasteiger partial charge on any atom is 0.226 e. The molecule has 0 aromatic heterocycles. The number of rotatable bonds is 1. The highest BCUT2D eigenvalue weighted by molar-refractivity contribution is 5.82. The summed E-state index contributed by atoms with van der Waals surface area (Å²) in [6, 6.07) is 16.9. The van der Waals surface area contributed by atoms with Gasteiger partial charge in [-0.3, -0.25) is 4.79 Å². The van der Waals surface area contributed by atoms with Crippen molar-refractivity contribution in [2.45, 2.75) is 39.7 Å². The summed E-state index contributed by atoms with van der Waals surface area (Å²) >= 11 is 0. The van der Waals surface area contributed by atoms with Gasteiger partial charge in [-0.05, 0) is 35.1 Å². The SMILES string of the molecule is CC(C)(C)C(=O)NC1c2ccccc2CCc2ccccc21. The van der Waals surface area contributed by atoms with Gasteiger partial charge < -0.3 is 5.32 Å². The number of carbonyl (C=O) groups excluding carboxylic acids is 1. The van der Waals surface area contributed by atoms with Crippen molar-refractivity contribution >= 4 is 5.91 Å². The number of benzene rings is 2. The van der Waals surface area contributed by atoms with Gasteiger partial charge in [-0.15, -0.1) is 0 Å². The van der Waals surface area contributed by atoms with E-state index < -0.39 is 5.41 Å². The highest BCUT2D eigenvalue weighted by Gasteiger charge is 2.29. The zero-order valence-corrected chi connectivity index (χ0v) is 13.5. The van der Waals surface area contributed by atoms with E-state index in [1.54, 1.807) is 0 Å². The molecule has 2 nitrogen and oxygen atoms in total. The van der Waals surface area contributed by atoms with E-state index in [0.717, 1.165) is 12.8 Å². The van der Waals surface area contributed by atoms with Gasteiger partial charge in [0.25, 0.3) is 0 Å². The van der Waals surface area contributed by atoms with Crippen molar-refractivity contribution in [3.8, 4) is 0 Å². The zero-order chi connectivity index (χ0) is 15.7. The first kappa shape index (κ1) is 14.8. The van der Waals surface area contributed by atoms with Crippen LogP contribution < -0.4 is 5.32 Å². The van der Waals surface area contributed by atoms with E-state index in [1.807, 2.05) is 20.8 Å². The third kappa shape index (κ3) is 2.78. The summed E-state index contributed by atoms with van der Waals surface area (Å²) in [7, 11) is 0. The Labute approximate surface area is 132 Å². The molecule has 0 heterocycles. The van der Waals surface area contributed by atoms with E-state index in [1.165, 1.54) is 22.3 Å². The van der Waals surface area contributed by atoms with Gasteiger partial charge in [0.05, 0.1) is 6.04 Å². The predicted octanol–water partition coefficient (Wildman–Crippen LogP) is 4.04. The van der Waals surface area contributed by atoms with Crippen molar-refractivity contribution in [1.29, 1.82) is 0 Å². The normalized spacial score (nSPS) is 14.7. The van der Waals surface area contributed by atoms with Crippen LogP contribution in [0, 0.1) is 5.41 Å². The van der Waals surface area contributed by atoms with Gasteiger partial charge in [-0.2, -0.15) is 0 Å². The van der Waals surface area contributed by atoms with Crippen LogP contribution in [0.5, 0.6) is 0 Å². The van der Waals surface area contributed by atoms with Gasteiger partial charge in [-0.1, -0.05) is 69.3 Å². The van der Waals surface area contributed by atoms with Gasteiger partial charge in [0.15, 0.2) is 0 Å². The Bertz CT molecular complexity index is 649. The minimum atomic E-state index is -0.393. The molecule has 0 aliphatic heterocycles. The Morgan fingerprint density at radius 3 is 1.82 bits per heavy atom. The fourth-order valence-electron chi connectivity index (χ4n) is 3.03. The molecule has 0 unspecified atom stereocenters. The number of amides is 1. The maximum atomic E-state index is 12.6. The van der Waals surface area contributed by atoms with E-state index in [9.17, 15) is 4.79 Å². The van der Waals surface area contributed by atoms with Gasteiger partial charge in [-0.25, -0.2) is 0 Å². The minimum Gasteiger partial charge on any atom is -0.345 e. The molecule has 0 spiro atoms. The molecule has 0 atom stereocenters. The Morgan fingerprint density at radius 1 is 0.909 bits per heavy atom. The molecular weight excluding hydrogens is 270 g/mol. The molecule has 0 radical (unpaired) electrons. The number of fused-ring (bicyclic) bond motifs is 2. The van der Waals surface area contributed by atoms with E-state index in [0.29, 0.717) is 0 Å². The summed E-state index contributed by atoms with van der Waals surface area (Å²) in [6.45, 7) is 5.87. The summed E-state index contributed by atoms with van der Waals surface area (Å²) in [5, 5.41) is 3.27. The number of nitrogens with one attached hydrogen (secondary N) is 1. The molecule has 0 fully saturated rings. The molecule has 2 aromatic rings. The summed E-state index contributed by atoms with van der Waals surface area (Å²) in [6.07, 6.45) is 2.05. The van der Waals surface area contributed by atoms with Crippen LogP contribution in [0.25, 0.3) is 0 Å². The molecule has 0 saturated carbocycles. The molecule has 22 heavy (non-hydrogen) atoms. The molecule has 2 aromatic carbocycles. The summed E-state index contributed by atoms with van der Waals surface area (Å²) < 4.78 is 0. The van der Waals surface area contributed by atoms with E-state index in [-0.39, 0.29) is 11.9 Å². The Kier molecular flexibility index (Phi) is 3.78. The van der Waals surface area contributed by atoms with Crippen LogP contribution in [-0.4, -0.2) is 5.91 Å². The second kappa shape index (κ2) is 5.60. The van der Waals surface area contributed by atoms with Gasteiger partial charge in [0.1, 0.15) is 0 Å². The van der Waals surface area contributed by atoms with Crippen molar-refractivity contribution in [2.75, 3.05) is 0 Å². The minimum absolute atomic E-state index is 0.0541. The molecule has 3 rings (SSSR count). The van der Waals surface area contributed by atoms with Gasteiger partial charge in [0.2, 0.25) is 5.91 Å². The Balaban J connectivity index is 2.08. The number of hydrogen-bond acceptors (Lipinski definition) is 1. The average Bonchev–Trinajstić information content (AvgIpc) is 2.65. The first-order chi connectivity index (χ1) is 10.5. The van der Waals surface area contributed by atoms with Crippen molar-refractivity contribution < 1.29 is 4.79 Å². The summed E-state index contributed by atoms with van der Waals surface area (Å²) in [5.41, 5.74) is 4.72. The summed E-state index contributed by atoms with van der Waals surface area (Å²) in [5.74, 6) is 0.0870. The lowest BCUT2D eigenvalue weighted by Crippen LogP contribution is -2.38. The predicted molar refractivity (Wildman–Crippen MR) is 89.7 cm³/mol. The lowest BCUT2D eigenvalue weighted by molar-refractivity contribution is -0.129. The van der Waals surface area contributed by atoms with E-state index >= 15 is 0 Å². The topological polar surface area (TPSA) is 29.1 Å². The molecule has 0 saturated heterocycles. The average molecular weight is 293 g/mol. The second-order valence-corrected chi connectivity index (χ2v) is 7.05. The van der Waals surface area contributed by atoms with Crippen LogP contribution in [0.1, 0.15) is 49.1 Å². The van der Waals surface area contributed by atoms with Gasteiger partial charge >= 0.3 is 0 Å². The fourth-order valence-corrected chi connectivity index (χ4v) is 3.03. The van der Waals surface area contributed by atoms with Crippen molar-refractivity contribution in [3.05, 3.63) is 70.8 Å². The molecule has 1 amide bonds. The van der Waals surface area contributed by atoms with E-state index in [2.05, 4.69) is 53.8 Å². The lowest BCUT2D eigenvalue weighted by atomic mass is 9.91. The largest absolute Gasteiger partial charge is 0.345 e. The van der Waals surface area contributed by atoms with Crippen molar-refractivity contribution in [1.82, 2.24) is 5.32 Å². The third-order valence-corrected chi connectivity index (χ3v) is 4.35. The lowest BCUT2D eigenvalue weighted by Gasteiger charge is -2.26. The molecule has 1 N–H and O–H groups in total. The summed E-state index contributed by atoms with van der Waals surface area (Å²) in [4.78, 5) is 12.6. The molecule has 0 bridgehead atoms. The van der Waals surface area contributed by atoms with Crippen LogP contribution >= 0.6 is 0 Å².